The number of halogens is 1. The van der Waals surface area contributed by atoms with Gasteiger partial charge in [-0.3, -0.25) is 24.1 Å². The number of rotatable bonds is 4. The maximum atomic E-state index is 13.8. The maximum Gasteiger partial charge on any atom is 0.307 e. The largest absolute Gasteiger partial charge is 0.469 e. The van der Waals surface area contributed by atoms with Crippen molar-refractivity contribution in [3.05, 3.63) is 66.0 Å². The minimum atomic E-state index is -1.59. The summed E-state index contributed by atoms with van der Waals surface area (Å²) in [6.45, 7) is 0.618. The zero-order chi connectivity index (χ0) is 23.3. The van der Waals surface area contributed by atoms with E-state index in [0.29, 0.717) is 24.3 Å². The van der Waals surface area contributed by atoms with Crippen molar-refractivity contribution in [1.82, 2.24) is 10.2 Å². The fourth-order valence-electron chi connectivity index (χ4n) is 5.65. The van der Waals surface area contributed by atoms with E-state index in [-0.39, 0.29) is 6.42 Å². The van der Waals surface area contributed by atoms with Crippen molar-refractivity contribution in [3.63, 3.8) is 0 Å². The topological polar surface area (TPSA) is 96.0 Å². The van der Waals surface area contributed by atoms with Crippen LogP contribution in [0.2, 0.25) is 0 Å². The van der Waals surface area contributed by atoms with Crippen LogP contribution in [0, 0.1) is 17.7 Å². The number of hydrogen-bond donors (Lipinski definition) is 1. The second-order valence-corrected chi connectivity index (χ2v) is 8.47. The van der Waals surface area contributed by atoms with E-state index < -0.39 is 52.9 Å². The third kappa shape index (κ3) is 2.99. The molecule has 1 N–H and O–H groups in total. The van der Waals surface area contributed by atoms with Crippen LogP contribution in [0.15, 0.2) is 54.6 Å². The van der Waals surface area contributed by atoms with Gasteiger partial charge in [0.25, 0.3) is 0 Å². The predicted molar refractivity (Wildman–Crippen MR) is 114 cm³/mol. The summed E-state index contributed by atoms with van der Waals surface area (Å²) >= 11 is 0. The van der Waals surface area contributed by atoms with Crippen LogP contribution in [-0.2, 0) is 23.9 Å². The van der Waals surface area contributed by atoms with Crippen LogP contribution >= 0.6 is 0 Å². The first-order chi connectivity index (χ1) is 15.9. The number of nitrogens with one attached hydrogen (secondary N) is 1. The highest BCUT2D eigenvalue weighted by molar-refractivity contribution is 6.24. The number of ether oxygens (including phenoxy) is 1. The van der Waals surface area contributed by atoms with Gasteiger partial charge in [0, 0.05) is 19.1 Å². The Balaban J connectivity index is 1.71. The molecule has 8 nitrogen and oxygen atoms in total. The van der Waals surface area contributed by atoms with Gasteiger partial charge >= 0.3 is 5.97 Å². The van der Waals surface area contributed by atoms with Gasteiger partial charge in [-0.05, 0) is 29.8 Å². The van der Waals surface area contributed by atoms with Crippen molar-refractivity contribution in [1.29, 1.82) is 0 Å². The Morgan fingerprint density at radius 1 is 1.09 bits per heavy atom. The van der Waals surface area contributed by atoms with Crippen molar-refractivity contribution < 1.29 is 28.3 Å². The number of piperazine rings is 1. The zero-order valence-electron chi connectivity index (χ0n) is 17.9. The summed E-state index contributed by atoms with van der Waals surface area (Å²) < 4.78 is 18.6. The lowest BCUT2D eigenvalue weighted by Crippen LogP contribution is -2.67. The molecule has 3 saturated heterocycles. The van der Waals surface area contributed by atoms with Gasteiger partial charge in [-0.25, -0.2) is 9.29 Å². The SMILES string of the molecule is COC(=O)C[C@]12C(=O)NCCN1[C@H](c1ccc(F)cc1)[C@H]1C(=O)N(c3ccccc3)C(=O)[C@H]12. The summed E-state index contributed by atoms with van der Waals surface area (Å²) in [5.74, 6) is -4.59. The molecule has 0 radical (unpaired) electrons. The van der Waals surface area contributed by atoms with E-state index >= 15 is 0 Å². The Morgan fingerprint density at radius 3 is 2.45 bits per heavy atom. The van der Waals surface area contributed by atoms with Gasteiger partial charge in [0.2, 0.25) is 17.7 Å². The summed E-state index contributed by atoms with van der Waals surface area (Å²) in [5, 5.41) is 2.78. The molecule has 0 aliphatic carbocycles. The molecule has 33 heavy (non-hydrogen) atoms. The van der Waals surface area contributed by atoms with Crippen LogP contribution in [0.3, 0.4) is 0 Å². The first kappa shape index (κ1) is 21.3. The van der Waals surface area contributed by atoms with E-state index in [4.69, 9.17) is 4.74 Å². The number of methoxy groups -OCH3 is 1. The number of para-hydroxylation sites is 1. The van der Waals surface area contributed by atoms with Crippen LogP contribution in [0.25, 0.3) is 0 Å². The van der Waals surface area contributed by atoms with Crippen LogP contribution in [0.4, 0.5) is 10.1 Å². The first-order valence-corrected chi connectivity index (χ1v) is 10.7. The lowest BCUT2D eigenvalue weighted by molar-refractivity contribution is -0.154. The molecule has 0 unspecified atom stereocenters. The molecular weight excluding hydrogens is 429 g/mol. The molecule has 2 aromatic carbocycles. The smallest absolute Gasteiger partial charge is 0.307 e. The fraction of sp³-hybridized carbons (Fsp3) is 0.333. The lowest BCUT2D eigenvalue weighted by atomic mass is 9.76. The number of nitrogens with zero attached hydrogens (tertiary/aromatic N) is 2. The molecule has 3 amide bonds. The molecule has 0 saturated carbocycles. The normalized spacial score (nSPS) is 29.0. The molecule has 5 rings (SSSR count). The Kier molecular flexibility index (Phi) is 5.01. The molecule has 3 heterocycles. The quantitative estimate of drug-likeness (QED) is 0.558. The highest BCUT2D eigenvalue weighted by Crippen LogP contribution is 2.57. The molecular formula is C24H22FN3O5. The number of fused-ring (bicyclic) bond motifs is 3. The average molecular weight is 451 g/mol. The van der Waals surface area contributed by atoms with Crippen molar-refractivity contribution in [2.75, 3.05) is 25.1 Å². The number of esters is 1. The van der Waals surface area contributed by atoms with E-state index in [1.807, 2.05) is 0 Å². The van der Waals surface area contributed by atoms with Crippen molar-refractivity contribution in [2.45, 2.75) is 18.0 Å². The number of benzene rings is 2. The van der Waals surface area contributed by atoms with E-state index in [1.165, 1.54) is 19.2 Å². The third-order valence-corrected chi connectivity index (χ3v) is 6.95. The highest BCUT2D eigenvalue weighted by atomic mass is 19.1. The molecule has 0 bridgehead atoms. The Hall–Kier alpha value is -3.59. The van der Waals surface area contributed by atoms with Gasteiger partial charge in [-0.15, -0.1) is 0 Å². The van der Waals surface area contributed by atoms with Crippen LogP contribution < -0.4 is 10.2 Å². The first-order valence-electron chi connectivity index (χ1n) is 10.7. The zero-order valence-corrected chi connectivity index (χ0v) is 17.9. The monoisotopic (exact) mass is 451 g/mol. The van der Waals surface area contributed by atoms with Crippen LogP contribution in [0.5, 0.6) is 0 Å². The summed E-state index contributed by atoms with van der Waals surface area (Å²) in [6.07, 6.45) is -0.379. The number of amides is 3. The minimum absolute atomic E-state index is 0.295. The van der Waals surface area contributed by atoms with Gasteiger partial charge in [0.15, 0.2) is 0 Å². The van der Waals surface area contributed by atoms with Gasteiger partial charge in [0.05, 0.1) is 31.1 Å². The van der Waals surface area contributed by atoms with Crippen LogP contribution in [-0.4, -0.2) is 54.3 Å². The number of carbonyl (C=O) groups excluding carboxylic acids is 4. The third-order valence-electron chi connectivity index (χ3n) is 6.95. The molecule has 9 heteroatoms. The number of carbonyl (C=O) groups is 4. The molecule has 3 fully saturated rings. The molecule has 3 aliphatic heterocycles. The number of anilines is 1. The van der Waals surface area contributed by atoms with Gasteiger partial charge in [-0.2, -0.15) is 0 Å². The highest BCUT2D eigenvalue weighted by Gasteiger charge is 2.73. The number of hydrogen-bond acceptors (Lipinski definition) is 6. The maximum absolute atomic E-state index is 13.8. The Bertz CT molecular complexity index is 1140. The summed E-state index contributed by atoms with van der Waals surface area (Å²) in [6, 6.07) is 13.5. The average Bonchev–Trinajstić information content (AvgIpc) is 3.26. The van der Waals surface area contributed by atoms with Gasteiger partial charge in [-0.1, -0.05) is 30.3 Å². The molecule has 2 aromatic rings. The Morgan fingerprint density at radius 2 is 1.79 bits per heavy atom. The van der Waals surface area contributed by atoms with E-state index in [0.717, 1.165) is 4.90 Å². The number of imide groups is 1. The van der Waals surface area contributed by atoms with Gasteiger partial charge < -0.3 is 10.1 Å². The minimum Gasteiger partial charge on any atom is -0.469 e. The van der Waals surface area contributed by atoms with Crippen LogP contribution in [0.1, 0.15) is 18.0 Å². The predicted octanol–water partition coefficient (Wildman–Crippen LogP) is 1.42. The summed E-state index contributed by atoms with van der Waals surface area (Å²) in [4.78, 5) is 56.3. The van der Waals surface area contributed by atoms with Crippen molar-refractivity contribution in [3.8, 4) is 0 Å². The second kappa shape index (κ2) is 7.77. The van der Waals surface area contributed by atoms with Crippen molar-refractivity contribution >= 4 is 29.4 Å². The molecule has 170 valence electrons. The lowest BCUT2D eigenvalue weighted by Gasteiger charge is -2.45. The fourth-order valence-corrected chi connectivity index (χ4v) is 5.65. The van der Waals surface area contributed by atoms with E-state index in [1.54, 1.807) is 47.4 Å². The molecule has 4 atom stereocenters. The molecule has 0 aromatic heterocycles. The summed E-state index contributed by atoms with van der Waals surface area (Å²) in [7, 11) is 1.21. The van der Waals surface area contributed by atoms with Crippen molar-refractivity contribution in [2.24, 2.45) is 11.8 Å². The van der Waals surface area contributed by atoms with E-state index in [9.17, 15) is 23.6 Å². The van der Waals surface area contributed by atoms with Gasteiger partial charge in [0.1, 0.15) is 11.4 Å². The summed E-state index contributed by atoms with van der Waals surface area (Å²) in [5.41, 5.74) is -0.592. The molecule has 0 spiro atoms. The molecule has 3 aliphatic rings. The second-order valence-electron chi connectivity index (χ2n) is 8.47. The van der Waals surface area contributed by atoms with E-state index in [2.05, 4.69) is 5.32 Å². The Labute approximate surface area is 189 Å². The standard InChI is InChI=1S/C24H22FN3O5/c1-33-17(29)13-24-19-18(21(30)28(22(19)31)16-5-3-2-4-6-16)20(14-7-9-15(25)10-8-14)27(24)12-11-26-23(24)32/h2-10,18-20H,11-13H2,1H3,(H,26,32)/t18-,19-,20+,24-/m0/s1.